The molecule has 88 valence electrons. The predicted octanol–water partition coefficient (Wildman–Crippen LogP) is 1.71. The Labute approximate surface area is 96.3 Å². The van der Waals surface area contributed by atoms with Gasteiger partial charge in [-0.2, -0.15) is 0 Å². The summed E-state index contributed by atoms with van der Waals surface area (Å²) in [4.78, 5) is 21.7. The zero-order valence-corrected chi connectivity index (χ0v) is 9.12. The Kier molecular flexibility index (Phi) is 2.78. The summed E-state index contributed by atoms with van der Waals surface area (Å²) in [5.41, 5.74) is 0.471. The number of nitro benzene ring substituents is 1. The van der Waals surface area contributed by atoms with Crippen LogP contribution in [0.2, 0.25) is 0 Å². The van der Waals surface area contributed by atoms with E-state index in [9.17, 15) is 14.9 Å². The van der Waals surface area contributed by atoms with E-state index < -0.39 is 10.7 Å². The van der Waals surface area contributed by atoms with Crippen molar-refractivity contribution in [2.24, 2.45) is 0 Å². The summed E-state index contributed by atoms with van der Waals surface area (Å²) >= 11 is 0. The molecule has 1 heterocycles. The number of nitrogens with zero attached hydrogens (tertiary/aromatic N) is 2. The zero-order chi connectivity index (χ0) is 12.4. The molecular formula is C11H10N2O4. The molecule has 0 amide bonds. The number of benzene rings is 1. The summed E-state index contributed by atoms with van der Waals surface area (Å²) in [6.45, 7) is 1.78. The Morgan fingerprint density at radius 1 is 1.41 bits per heavy atom. The molecule has 0 unspecified atom stereocenters. The number of hydrogen-bond acceptors (Lipinski definition) is 4. The molecule has 0 spiro atoms. The first kappa shape index (κ1) is 11.1. The molecule has 0 saturated carbocycles. The van der Waals surface area contributed by atoms with E-state index in [2.05, 4.69) is 0 Å². The van der Waals surface area contributed by atoms with Gasteiger partial charge < -0.3 is 4.42 Å². The van der Waals surface area contributed by atoms with E-state index in [0.717, 1.165) is 0 Å². The fourth-order valence-corrected chi connectivity index (χ4v) is 1.61. The molecule has 0 radical (unpaired) electrons. The van der Waals surface area contributed by atoms with Gasteiger partial charge in [-0.1, -0.05) is 18.2 Å². The Morgan fingerprint density at radius 2 is 2.12 bits per heavy atom. The normalized spacial score (nSPS) is 10.4. The van der Waals surface area contributed by atoms with Gasteiger partial charge >= 0.3 is 5.76 Å². The number of aromatic nitrogens is 1. The van der Waals surface area contributed by atoms with Crippen LogP contribution in [0.15, 0.2) is 39.7 Å². The van der Waals surface area contributed by atoms with Crippen molar-refractivity contribution in [1.29, 1.82) is 0 Å². The van der Waals surface area contributed by atoms with Crippen LogP contribution < -0.4 is 5.76 Å². The van der Waals surface area contributed by atoms with E-state index >= 15 is 0 Å². The first-order valence-corrected chi connectivity index (χ1v) is 4.97. The lowest BCUT2D eigenvalue weighted by molar-refractivity contribution is -0.385. The summed E-state index contributed by atoms with van der Waals surface area (Å²) in [5.74, 6) is -0.0331. The van der Waals surface area contributed by atoms with Crippen LogP contribution >= 0.6 is 0 Å². The second-order valence-electron chi connectivity index (χ2n) is 3.62. The molecule has 0 saturated heterocycles. The van der Waals surface area contributed by atoms with Gasteiger partial charge in [-0.15, -0.1) is 0 Å². The minimum absolute atomic E-state index is 0.00162. The van der Waals surface area contributed by atoms with E-state index in [-0.39, 0.29) is 12.2 Å². The van der Waals surface area contributed by atoms with Crippen molar-refractivity contribution in [3.05, 3.63) is 62.5 Å². The summed E-state index contributed by atoms with van der Waals surface area (Å²) in [6.07, 6.45) is 1.53. The number of nitro groups is 1. The van der Waals surface area contributed by atoms with Gasteiger partial charge in [0.1, 0.15) is 5.76 Å². The third kappa shape index (κ3) is 2.25. The smallest absolute Gasteiger partial charge is 0.413 e. The minimum Gasteiger partial charge on any atom is -0.413 e. The van der Waals surface area contributed by atoms with E-state index in [0.29, 0.717) is 11.3 Å². The first-order chi connectivity index (χ1) is 8.08. The number of hydrogen-bond donors (Lipinski definition) is 0. The Morgan fingerprint density at radius 3 is 2.71 bits per heavy atom. The maximum atomic E-state index is 11.4. The second kappa shape index (κ2) is 4.25. The lowest BCUT2D eigenvalue weighted by Gasteiger charge is -2.01. The van der Waals surface area contributed by atoms with E-state index in [1.165, 1.54) is 16.8 Å². The third-order valence-corrected chi connectivity index (χ3v) is 2.35. The molecule has 1 aromatic heterocycles. The largest absolute Gasteiger partial charge is 0.419 e. The van der Waals surface area contributed by atoms with Gasteiger partial charge in [-0.3, -0.25) is 14.7 Å². The van der Waals surface area contributed by atoms with Crippen molar-refractivity contribution in [3.8, 4) is 0 Å². The van der Waals surface area contributed by atoms with Gasteiger partial charge in [0.2, 0.25) is 0 Å². The van der Waals surface area contributed by atoms with Crippen molar-refractivity contribution >= 4 is 5.69 Å². The summed E-state index contributed by atoms with van der Waals surface area (Å²) in [7, 11) is 0. The lowest BCUT2D eigenvalue weighted by atomic mass is 10.2. The summed E-state index contributed by atoms with van der Waals surface area (Å²) in [5, 5.41) is 10.8. The maximum absolute atomic E-state index is 11.4. The van der Waals surface area contributed by atoms with Crippen molar-refractivity contribution in [2.45, 2.75) is 13.5 Å². The summed E-state index contributed by atoms with van der Waals surface area (Å²) < 4.78 is 6.13. The van der Waals surface area contributed by atoms with Crippen molar-refractivity contribution in [1.82, 2.24) is 4.57 Å². The van der Waals surface area contributed by atoms with E-state index in [4.69, 9.17) is 4.42 Å². The fraction of sp³-hybridized carbons (Fsp3) is 0.182. The Balaban J connectivity index is 2.39. The molecule has 6 heteroatoms. The quantitative estimate of drug-likeness (QED) is 0.598. The number of aryl methyl sites for hydroxylation is 1. The minimum atomic E-state index is -0.513. The highest BCUT2D eigenvalue weighted by Crippen LogP contribution is 2.18. The molecule has 17 heavy (non-hydrogen) atoms. The zero-order valence-electron chi connectivity index (χ0n) is 9.12. The first-order valence-electron chi connectivity index (χ1n) is 4.97. The van der Waals surface area contributed by atoms with E-state index in [1.807, 2.05) is 0 Å². The molecule has 2 rings (SSSR count). The summed E-state index contributed by atoms with van der Waals surface area (Å²) in [6, 6.07) is 6.31. The van der Waals surface area contributed by atoms with Crippen LogP contribution in [0.1, 0.15) is 11.3 Å². The molecule has 2 aromatic rings. The average molecular weight is 234 g/mol. The third-order valence-electron chi connectivity index (χ3n) is 2.35. The lowest BCUT2D eigenvalue weighted by Crippen LogP contribution is -2.14. The fourth-order valence-electron chi connectivity index (χ4n) is 1.61. The molecule has 0 atom stereocenters. The molecule has 0 fully saturated rings. The van der Waals surface area contributed by atoms with Crippen molar-refractivity contribution in [2.75, 3.05) is 0 Å². The molecule has 0 aliphatic heterocycles. The number of rotatable bonds is 3. The van der Waals surface area contributed by atoms with Gasteiger partial charge in [0.05, 0.1) is 11.5 Å². The van der Waals surface area contributed by atoms with Crippen LogP contribution in [0.3, 0.4) is 0 Å². The average Bonchev–Trinajstić information content (AvgIpc) is 2.58. The van der Waals surface area contributed by atoms with Gasteiger partial charge in [-0.25, -0.2) is 4.79 Å². The second-order valence-corrected chi connectivity index (χ2v) is 3.62. The Hall–Kier alpha value is -2.37. The standard InChI is InChI=1S/C11H10N2O4/c1-8-6-12(11(14)17-8)7-9-4-2-3-5-10(9)13(15)16/h2-6H,7H2,1H3. The van der Waals surface area contributed by atoms with Gasteiger partial charge in [0.15, 0.2) is 0 Å². The highest BCUT2D eigenvalue weighted by Gasteiger charge is 2.14. The van der Waals surface area contributed by atoms with Crippen molar-refractivity contribution < 1.29 is 9.34 Å². The molecule has 1 aromatic carbocycles. The van der Waals surface area contributed by atoms with Crippen LogP contribution in [0.25, 0.3) is 0 Å². The SMILES string of the molecule is Cc1cn(Cc2ccccc2[N+](=O)[O-])c(=O)o1. The Bertz CT molecular complexity index is 612. The van der Waals surface area contributed by atoms with Crippen LogP contribution in [-0.4, -0.2) is 9.49 Å². The van der Waals surface area contributed by atoms with Crippen molar-refractivity contribution in [3.63, 3.8) is 0 Å². The van der Waals surface area contributed by atoms with Crippen LogP contribution in [0, 0.1) is 17.0 Å². The predicted molar refractivity (Wildman–Crippen MR) is 59.9 cm³/mol. The molecule has 6 nitrogen and oxygen atoms in total. The van der Waals surface area contributed by atoms with Crippen LogP contribution in [0.4, 0.5) is 5.69 Å². The van der Waals surface area contributed by atoms with Gasteiger partial charge in [-0.05, 0) is 6.92 Å². The maximum Gasteiger partial charge on any atom is 0.419 e. The highest BCUT2D eigenvalue weighted by atomic mass is 16.6. The van der Waals surface area contributed by atoms with Crippen LogP contribution in [0.5, 0.6) is 0 Å². The van der Waals surface area contributed by atoms with Gasteiger partial charge in [0, 0.05) is 17.8 Å². The van der Waals surface area contributed by atoms with Gasteiger partial charge in [0.25, 0.3) is 5.69 Å². The molecule has 0 N–H and O–H groups in total. The molecule has 0 bridgehead atoms. The number of oxazole rings is 1. The molecule has 0 aliphatic rings. The molecular weight excluding hydrogens is 224 g/mol. The topological polar surface area (TPSA) is 78.3 Å². The molecule has 0 aliphatic carbocycles. The van der Waals surface area contributed by atoms with E-state index in [1.54, 1.807) is 25.1 Å². The monoisotopic (exact) mass is 234 g/mol. The number of para-hydroxylation sites is 1. The van der Waals surface area contributed by atoms with Crippen LogP contribution in [-0.2, 0) is 6.54 Å². The highest BCUT2D eigenvalue weighted by molar-refractivity contribution is 5.39.